The van der Waals surface area contributed by atoms with Crippen molar-refractivity contribution in [2.45, 2.75) is 6.42 Å². The van der Waals surface area contributed by atoms with Crippen LogP contribution < -0.4 is 4.74 Å². The molecular weight excluding hydrogens is 236 g/mol. The molecule has 0 unspecified atom stereocenters. The molecule has 3 nitrogen and oxygen atoms in total. The Kier molecular flexibility index (Phi) is 3.31. The molecule has 0 radical (unpaired) electrons. The van der Waals surface area contributed by atoms with Gasteiger partial charge in [0, 0.05) is 12.0 Å². The van der Waals surface area contributed by atoms with Crippen LogP contribution in [0.4, 0.5) is 0 Å². The number of rotatable bonds is 3. The number of aromatic hydroxyl groups is 1. The largest absolute Gasteiger partial charge is 0.508 e. The van der Waals surface area contributed by atoms with Crippen LogP contribution in [0.25, 0.3) is 0 Å². The van der Waals surface area contributed by atoms with Crippen molar-refractivity contribution in [3.63, 3.8) is 0 Å². The van der Waals surface area contributed by atoms with Gasteiger partial charge in [0.2, 0.25) is 0 Å². The minimum Gasteiger partial charge on any atom is -0.508 e. The van der Waals surface area contributed by atoms with Crippen LogP contribution >= 0.6 is 15.9 Å². The number of ether oxygens (including phenoxy) is 1. The summed E-state index contributed by atoms with van der Waals surface area (Å²) in [5.41, 5.74) is 0.506. The molecular formula is C9H9BrO3. The summed E-state index contributed by atoms with van der Waals surface area (Å²) < 4.78 is 5.77. The van der Waals surface area contributed by atoms with E-state index >= 15 is 0 Å². The topological polar surface area (TPSA) is 46.5 Å². The molecule has 0 heterocycles. The fraction of sp³-hybridized carbons (Fsp3) is 0.222. The number of aldehydes is 1. The zero-order chi connectivity index (χ0) is 9.84. The van der Waals surface area contributed by atoms with Crippen molar-refractivity contribution in [1.29, 1.82) is 0 Å². The minimum absolute atomic E-state index is 0.0761. The fourth-order valence-electron chi connectivity index (χ4n) is 1.09. The number of phenols is 1. The first-order chi connectivity index (χ1) is 6.20. The summed E-state index contributed by atoms with van der Waals surface area (Å²) in [6.07, 6.45) is 0.873. The number of carbonyl (C=O) groups excluding carboxylic acids is 1. The summed E-state index contributed by atoms with van der Waals surface area (Å²) in [5, 5.41) is 9.42. The van der Waals surface area contributed by atoms with Crippen LogP contribution in [0.2, 0.25) is 0 Å². The Bertz CT molecular complexity index is 323. The molecule has 0 aromatic heterocycles. The highest BCUT2D eigenvalue weighted by atomic mass is 79.9. The maximum Gasteiger partial charge on any atom is 0.140 e. The lowest BCUT2D eigenvalue weighted by molar-refractivity contribution is -0.107. The number of methoxy groups -OCH3 is 1. The van der Waals surface area contributed by atoms with E-state index in [-0.39, 0.29) is 12.2 Å². The summed E-state index contributed by atoms with van der Waals surface area (Å²) in [6, 6.07) is 3.19. The second kappa shape index (κ2) is 4.28. The first kappa shape index (κ1) is 10.1. The van der Waals surface area contributed by atoms with Crippen LogP contribution in [0, 0.1) is 0 Å². The van der Waals surface area contributed by atoms with E-state index in [2.05, 4.69) is 15.9 Å². The van der Waals surface area contributed by atoms with Gasteiger partial charge in [0.25, 0.3) is 0 Å². The normalized spacial score (nSPS) is 9.69. The Morgan fingerprint density at radius 1 is 1.62 bits per heavy atom. The van der Waals surface area contributed by atoms with Crippen molar-refractivity contribution >= 4 is 22.2 Å². The van der Waals surface area contributed by atoms with E-state index < -0.39 is 0 Å². The highest BCUT2D eigenvalue weighted by Crippen LogP contribution is 2.34. The van der Waals surface area contributed by atoms with Gasteiger partial charge in [-0.1, -0.05) is 0 Å². The Morgan fingerprint density at radius 3 is 2.85 bits per heavy atom. The van der Waals surface area contributed by atoms with E-state index in [1.54, 1.807) is 6.07 Å². The number of hydrogen-bond acceptors (Lipinski definition) is 3. The Balaban J connectivity index is 3.25. The summed E-state index contributed by atoms with van der Waals surface area (Å²) in [6.45, 7) is 0. The molecule has 0 spiro atoms. The van der Waals surface area contributed by atoms with Gasteiger partial charge in [0.15, 0.2) is 0 Å². The molecule has 0 bridgehead atoms. The van der Waals surface area contributed by atoms with E-state index in [4.69, 9.17) is 4.74 Å². The van der Waals surface area contributed by atoms with Gasteiger partial charge in [-0.15, -0.1) is 0 Å². The van der Waals surface area contributed by atoms with E-state index in [9.17, 15) is 9.90 Å². The van der Waals surface area contributed by atoms with Crippen LogP contribution in [-0.2, 0) is 11.2 Å². The van der Waals surface area contributed by atoms with Crippen molar-refractivity contribution in [2.24, 2.45) is 0 Å². The Labute approximate surface area is 84.5 Å². The average Bonchev–Trinajstić information content (AvgIpc) is 2.12. The molecule has 70 valence electrons. The first-order valence-corrected chi connectivity index (χ1v) is 4.48. The molecule has 0 aliphatic heterocycles. The van der Waals surface area contributed by atoms with E-state index in [1.165, 1.54) is 13.2 Å². The maximum absolute atomic E-state index is 10.3. The van der Waals surface area contributed by atoms with Gasteiger partial charge >= 0.3 is 0 Å². The quantitative estimate of drug-likeness (QED) is 0.827. The summed E-state index contributed by atoms with van der Waals surface area (Å²) in [4.78, 5) is 10.3. The van der Waals surface area contributed by atoms with Gasteiger partial charge in [-0.2, -0.15) is 0 Å². The average molecular weight is 245 g/mol. The third-order valence-electron chi connectivity index (χ3n) is 1.68. The Morgan fingerprint density at radius 2 is 2.31 bits per heavy atom. The Hall–Kier alpha value is -1.03. The lowest BCUT2D eigenvalue weighted by atomic mass is 10.1. The highest BCUT2D eigenvalue weighted by Gasteiger charge is 2.11. The van der Waals surface area contributed by atoms with Crippen LogP contribution in [0.15, 0.2) is 16.6 Å². The number of carbonyl (C=O) groups is 1. The van der Waals surface area contributed by atoms with E-state index in [0.29, 0.717) is 11.3 Å². The van der Waals surface area contributed by atoms with E-state index in [1.807, 2.05) is 0 Å². The lowest BCUT2D eigenvalue weighted by Crippen LogP contribution is -1.94. The molecule has 1 aromatic carbocycles. The second-order valence-corrected chi connectivity index (χ2v) is 3.30. The second-order valence-electron chi connectivity index (χ2n) is 2.45. The molecule has 13 heavy (non-hydrogen) atoms. The molecule has 0 saturated carbocycles. The lowest BCUT2D eigenvalue weighted by Gasteiger charge is -2.09. The summed E-state index contributed by atoms with van der Waals surface area (Å²) in [5.74, 6) is 0.583. The van der Waals surface area contributed by atoms with Gasteiger partial charge in [-0.3, -0.25) is 0 Å². The maximum atomic E-state index is 10.3. The first-order valence-electron chi connectivity index (χ1n) is 3.68. The molecule has 4 heteroatoms. The van der Waals surface area contributed by atoms with Gasteiger partial charge < -0.3 is 14.6 Å². The van der Waals surface area contributed by atoms with Crippen LogP contribution in [-0.4, -0.2) is 18.5 Å². The highest BCUT2D eigenvalue weighted by molar-refractivity contribution is 9.10. The monoisotopic (exact) mass is 244 g/mol. The van der Waals surface area contributed by atoms with Crippen molar-refractivity contribution in [1.82, 2.24) is 0 Å². The van der Waals surface area contributed by atoms with Crippen LogP contribution in [0.1, 0.15) is 5.56 Å². The minimum atomic E-state index is 0.0761. The smallest absolute Gasteiger partial charge is 0.140 e. The fourth-order valence-corrected chi connectivity index (χ4v) is 1.62. The molecule has 1 rings (SSSR count). The van der Waals surface area contributed by atoms with Crippen molar-refractivity contribution in [3.05, 3.63) is 22.2 Å². The van der Waals surface area contributed by atoms with Crippen molar-refractivity contribution in [2.75, 3.05) is 7.11 Å². The standard InChI is InChI=1S/C9H9BrO3/c1-13-9-6(4-5-11)8(12)3-2-7(9)10/h2-3,5,12H,4H2,1H3. The molecule has 1 N–H and O–H groups in total. The van der Waals surface area contributed by atoms with Gasteiger partial charge in [-0.25, -0.2) is 0 Å². The summed E-state index contributed by atoms with van der Waals surface area (Å²) >= 11 is 3.26. The summed E-state index contributed by atoms with van der Waals surface area (Å²) in [7, 11) is 1.49. The molecule has 0 saturated heterocycles. The number of halogens is 1. The molecule has 0 atom stereocenters. The molecule has 0 aliphatic carbocycles. The molecule has 0 amide bonds. The zero-order valence-electron chi connectivity index (χ0n) is 7.08. The molecule has 0 aliphatic rings. The van der Waals surface area contributed by atoms with Gasteiger partial charge in [0.1, 0.15) is 17.8 Å². The molecule has 1 aromatic rings. The van der Waals surface area contributed by atoms with Crippen LogP contribution in [0.3, 0.4) is 0 Å². The number of phenolic OH excluding ortho intramolecular Hbond substituents is 1. The third-order valence-corrected chi connectivity index (χ3v) is 2.30. The third kappa shape index (κ3) is 2.01. The zero-order valence-corrected chi connectivity index (χ0v) is 8.67. The molecule has 0 fully saturated rings. The van der Waals surface area contributed by atoms with E-state index in [0.717, 1.165) is 10.8 Å². The number of benzene rings is 1. The van der Waals surface area contributed by atoms with Crippen molar-refractivity contribution < 1.29 is 14.6 Å². The van der Waals surface area contributed by atoms with Gasteiger partial charge in [0.05, 0.1) is 11.6 Å². The predicted molar refractivity (Wildman–Crippen MR) is 52.1 cm³/mol. The van der Waals surface area contributed by atoms with Crippen molar-refractivity contribution in [3.8, 4) is 11.5 Å². The van der Waals surface area contributed by atoms with Crippen LogP contribution in [0.5, 0.6) is 11.5 Å². The number of hydrogen-bond donors (Lipinski definition) is 1. The van der Waals surface area contributed by atoms with Gasteiger partial charge in [-0.05, 0) is 28.1 Å². The predicted octanol–water partition coefficient (Wildman–Crippen LogP) is 1.90. The SMILES string of the molecule is COc1c(Br)ccc(O)c1CC=O.